The number of hydrogen-bond donors (Lipinski definition) is 0. The normalized spacial score (nSPS) is 31.2. The molecular formula is C29H28O4. The van der Waals surface area contributed by atoms with E-state index in [-0.39, 0.29) is 28.2 Å². The van der Waals surface area contributed by atoms with E-state index in [1.165, 1.54) is 31.9 Å². The van der Waals surface area contributed by atoms with Crippen LogP contribution < -0.4 is 4.74 Å². The van der Waals surface area contributed by atoms with Crippen molar-refractivity contribution in [2.75, 3.05) is 7.11 Å². The fourth-order valence-corrected chi connectivity index (χ4v) is 7.13. The van der Waals surface area contributed by atoms with Crippen molar-refractivity contribution in [3.05, 3.63) is 76.9 Å². The number of benzene rings is 3. The van der Waals surface area contributed by atoms with Gasteiger partial charge in [-0.2, -0.15) is 0 Å². The van der Waals surface area contributed by atoms with E-state index >= 15 is 0 Å². The fraction of sp³-hybridized carbons (Fsp3) is 0.379. The van der Waals surface area contributed by atoms with Crippen molar-refractivity contribution >= 4 is 22.5 Å². The van der Waals surface area contributed by atoms with Gasteiger partial charge in [-0.15, -0.1) is 0 Å². The Labute approximate surface area is 193 Å². The van der Waals surface area contributed by atoms with Gasteiger partial charge in [0.25, 0.3) is 0 Å². The summed E-state index contributed by atoms with van der Waals surface area (Å²) in [7, 11) is 1.37. The van der Waals surface area contributed by atoms with Gasteiger partial charge in [-0.25, -0.2) is 4.79 Å². The second-order valence-corrected chi connectivity index (χ2v) is 10.6. The Balaban J connectivity index is 1.38. The summed E-state index contributed by atoms with van der Waals surface area (Å²) in [5.74, 6) is 1.13. The summed E-state index contributed by atoms with van der Waals surface area (Å²) in [5.41, 5.74) is 2.91. The minimum absolute atomic E-state index is 0.00209. The molecule has 0 N–H and O–H groups in total. The molecule has 4 nitrogen and oxygen atoms in total. The van der Waals surface area contributed by atoms with E-state index in [2.05, 4.69) is 26.8 Å². The third-order valence-corrected chi connectivity index (χ3v) is 9.35. The number of carbonyl (C=O) groups excluding carboxylic acids is 2. The van der Waals surface area contributed by atoms with Crippen molar-refractivity contribution in [2.45, 2.75) is 51.0 Å². The Morgan fingerprint density at radius 3 is 2.27 bits per heavy atom. The van der Waals surface area contributed by atoms with E-state index in [1.807, 2.05) is 36.4 Å². The van der Waals surface area contributed by atoms with Crippen LogP contribution in [0.3, 0.4) is 0 Å². The molecule has 2 saturated carbocycles. The molecule has 0 radical (unpaired) electrons. The fourth-order valence-electron chi connectivity index (χ4n) is 7.13. The van der Waals surface area contributed by atoms with Crippen LogP contribution in [-0.2, 0) is 10.2 Å². The van der Waals surface area contributed by atoms with Crippen LogP contribution in [0, 0.1) is 11.3 Å². The molecule has 2 aliphatic carbocycles. The lowest BCUT2D eigenvalue weighted by Gasteiger charge is -2.48. The molecule has 0 aromatic heterocycles. The van der Waals surface area contributed by atoms with Crippen molar-refractivity contribution in [3.8, 4) is 5.75 Å². The van der Waals surface area contributed by atoms with E-state index in [0.29, 0.717) is 22.6 Å². The number of esters is 1. The highest BCUT2D eigenvalue weighted by Crippen LogP contribution is 2.73. The second-order valence-electron chi connectivity index (χ2n) is 10.6. The lowest BCUT2D eigenvalue weighted by molar-refractivity contribution is -0.0260. The summed E-state index contributed by atoms with van der Waals surface area (Å²) in [5, 5.41) is 1.81. The van der Waals surface area contributed by atoms with Crippen LogP contribution in [0.2, 0.25) is 0 Å². The van der Waals surface area contributed by atoms with E-state index in [0.717, 1.165) is 16.5 Å². The first kappa shape index (κ1) is 20.5. The summed E-state index contributed by atoms with van der Waals surface area (Å²) in [6, 6.07) is 17.0. The topological polar surface area (TPSA) is 52.6 Å². The highest BCUT2D eigenvalue weighted by atomic mass is 16.5. The molecule has 0 spiro atoms. The highest BCUT2D eigenvalue weighted by molar-refractivity contribution is 6.11. The number of fused-ring (bicyclic) bond motifs is 8. The minimum Gasteiger partial charge on any atom is -0.486 e. The van der Waals surface area contributed by atoms with Crippen LogP contribution in [0.1, 0.15) is 71.9 Å². The third-order valence-electron chi connectivity index (χ3n) is 9.35. The lowest BCUT2D eigenvalue weighted by atomic mass is 9.56. The standard InChI is InChI=1S/C29H28O4/c1-27-12-11-22(16-27)29(3)28(27,2)23-15-20(9-10-24(23)33-29)25(30)19-7-5-18-14-21(26(31)32-4)8-6-17(18)13-19/h5-10,13-15,22H,11-12,16H2,1-4H3. The molecule has 4 unspecified atom stereocenters. The monoisotopic (exact) mass is 440 g/mol. The first-order chi connectivity index (χ1) is 15.7. The van der Waals surface area contributed by atoms with Crippen molar-refractivity contribution in [1.82, 2.24) is 0 Å². The zero-order valence-electron chi connectivity index (χ0n) is 19.5. The predicted octanol–water partition coefficient (Wildman–Crippen LogP) is 6.09. The molecule has 2 fully saturated rings. The maximum Gasteiger partial charge on any atom is 0.337 e. The second kappa shape index (κ2) is 6.47. The average Bonchev–Trinajstić information content (AvgIpc) is 3.40. The van der Waals surface area contributed by atoms with Crippen LogP contribution in [0.15, 0.2) is 54.6 Å². The molecule has 2 bridgehead atoms. The number of ketones is 1. The van der Waals surface area contributed by atoms with E-state index in [1.54, 1.807) is 12.1 Å². The van der Waals surface area contributed by atoms with Crippen molar-refractivity contribution in [1.29, 1.82) is 0 Å². The predicted molar refractivity (Wildman–Crippen MR) is 127 cm³/mol. The van der Waals surface area contributed by atoms with Gasteiger partial charge in [0, 0.05) is 22.1 Å². The third kappa shape index (κ3) is 2.47. The van der Waals surface area contributed by atoms with Crippen molar-refractivity contribution in [3.63, 3.8) is 0 Å². The maximum absolute atomic E-state index is 13.5. The van der Waals surface area contributed by atoms with Crippen molar-refractivity contribution in [2.24, 2.45) is 11.3 Å². The molecule has 6 rings (SSSR count). The van der Waals surface area contributed by atoms with Gasteiger partial charge in [0.1, 0.15) is 11.4 Å². The van der Waals surface area contributed by atoms with Crippen LogP contribution in [0.25, 0.3) is 10.8 Å². The highest BCUT2D eigenvalue weighted by Gasteiger charge is 2.73. The molecule has 3 aromatic carbocycles. The average molecular weight is 441 g/mol. The SMILES string of the molecule is COC(=O)c1ccc2cc(C(=O)c3ccc4c(c3)C3(C)C5(C)CCC(C5)C3(C)O4)ccc2c1. The van der Waals surface area contributed by atoms with Gasteiger partial charge >= 0.3 is 5.97 Å². The van der Waals surface area contributed by atoms with E-state index < -0.39 is 0 Å². The largest absolute Gasteiger partial charge is 0.486 e. The first-order valence-corrected chi connectivity index (χ1v) is 11.7. The molecular weight excluding hydrogens is 412 g/mol. The number of methoxy groups -OCH3 is 1. The molecule has 1 aliphatic heterocycles. The molecule has 1 heterocycles. The molecule has 4 heteroatoms. The van der Waals surface area contributed by atoms with Gasteiger partial charge < -0.3 is 9.47 Å². The molecule has 33 heavy (non-hydrogen) atoms. The lowest BCUT2D eigenvalue weighted by Crippen LogP contribution is -2.54. The van der Waals surface area contributed by atoms with Gasteiger partial charge in [0.05, 0.1) is 12.7 Å². The summed E-state index contributed by atoms with van der Waals surface area (Å²) >= 11 is 0. The van der Waals surface area contributed by atoms with Crippen molar-refractivity contribution < 1.29 is 19.1 Å². The summed E-state index contributed by atoms with van der Waals surface area (Å²) in [4.78, 5) is 25.3. The van der Waals surface area contributed by atoms with E-state index in [9.17, 15) is 9.59 Å². The molecule has 0 saturated heterocycles. The van der Waals surface area contributed by atoms with Crippen LogP contribution in [0.5, 0.6) is 5.75 Å². The van der Waals surface area contributed by atoms with Crippen LogP contribution >= 0.6 is 0 Å². The van der Waals surface area contributed by atoms with Gasteiger partial charge in [0.15, 0.2) is 5.78 Å². The maximum atomic E-state index is 13.5. The zero-order valence-corrected chi connectivity index (χ0v) is 19.5. The Kier molecular flexibility index (Phi) is 4.01. The van der Waals surface area contributed by atoms with Gasteiger partial charge in [-0.1, -0.05) is 32.0 Å². The number of ether oxygens (including phenoxy) is 2. The van der Waals surface area contributed by atoms with Gasteiger partial charge in [-0.3, -0.25) is 4.79 Å². The first-order valence-electron chi connectivity index (χ1n) is 11.7. The Hall–Kier alpha value is -3.14. The number of carbonyl (C=O) groups is 2. The van der Waals surface area contributed by atoms with Crippen LogP contribution in [0.4, 0.5) is 0 Å². The molecule has 3 aromatic rings. The van der Waals surface area contributed by atoms with Crippen LogP contribution in [-0.4, -0.2) is 24.5 Å². The Bertz CT molecular complexity index is 1360. The van der Waals surface area contributed by atoms with Gasteiger partial charge in [0.2, 0.25) is 0 Å². The molecule has 168 valence electrons. The smallest absolute Gasteiger partial charge is 0.337 e. The van der Waals surface area contributed by atoms with E-state index in [4.69, 9.17) is 9.47 Å². The molecule has 0 amide bonds. The van der Waals surface area contributed by atoms with Gasteiger partial charge in [-0.05, 0) is 84.7 Å². The number of hydrogen-bond acceptors (Lipinski definition) is 4. The Morgan fingerprint density at radius 1 is 0.909 bits per heavy atom. The minimum atomic E-state index is -0.368. The molecule has 4 atom stereocenters. The Morgan fingerprint density at radius 2 is 1.55 bits per heavy atom. The molecule has 3 aliphatic rings. The zero-order chi connectivity index (χ0) is 23.2. The summed E-state index contributed by atoms with van der Waals surface area (Å²) in [6.45, 7) is 7.02. The summed E-state index contributed by atoms with van der Waals surface area (Å²) in [6.07, 6.45) is 3.62. The summed E-state index contributed by atoms with van der Waals surface area (Å²) < 4.78 is 11.4. The quantitative estimate of drug-likeness (QED) is 0.365. The number of rotatable bonds is 3.